The van der Waals surface area contributed by atoms with E-state index in [1.54, 1.807) is 24.3 Å². The van der Waals surface area contributed by atoms with E-state index >= 15 is 0 Å². The lowest BCUT2D eigenvalue weighted by atomic mass is 9.57. The lowest BCUT2D eigenvalue weighted by Crippen LogP contribution is -2.43. The van der Waals surface area contributed by atoms with E-state index < -0.39 is 59.1 Å². The first-order valence-electron chi connectivity index (χ1n) is 9.97. The predicted molar refractivity (Wildman–Crippen MR) is 99.4 cm³/mol. The number of rotatable bonds is 2. The summed E-state index contributed by atoms with van der Waals surface area (Å²) in [6.07, 6.45) is 2.02. The van der Waals surface area contributed by atoms with Crippen molar-refractivity contribution in [2.24, 2.45) is 29.6 Å². The Morgan fingerprint density at radius 3 is 2.23 bits per heavy atom. The first-order chi connectivity index (χ1) is 14.8. The third kappa shape index (κ3) is 2.45. The summed E-state index contributed by atoms with van der Waals surface area (Å²) in [6.45, 7) is 0. The van der Waals surface area contributed by atoms with Gasteiger partial charge in [-0.2, -0.15) is 10.1 Å². The molecular formula is C21H20N2O8. The van der Waals surface area contributed by atoms with Gasteiger partial charge in [-0.1, -0.05) is 23.8 Å². The quantitative estimate of drug-likeness (QED) is 0.357. The number of fused-ring (bicyclic) bond motifs is 4. The summed E-state index contributed by atoms with van der Waals surface area (Å²) in [5.41, 5.74) is 0.969. The molecular weight excluding hydrogens is 408 g/mol. The highest BCUT2D eigenvalue weighted by Gasteiger charge is 2.62. The number of phenols is 1. The van der Waals surface area contributed by atoms with Gasteiger partial charge in [-0.05, 0) is 24.8 Å². The van der Waals surface area contributed by atoms with E-state index in [4.69, 9.17) is 4.74 Å². The van der Waals surface area contributed by atoms with Gasteiger partial charge >= 0.3 is 0 Å². The fourth-order valence-corrected chi connectivity index (χ4v) is 5.86. The van der Waals surface area contributed by atoms with E-state index in [0.29, 0.717) is 11.1 Å². The number of carbonyl (C=O) groups is 4. The van der Waals surface area contributed by atoms with Crippen LogP contribution in [0.3, 0.4) is 0 Å². The lowest BCUT2D eigenvalue weighted by molar-refractivity contribution is -0.174. The Morgan fingerprint density at radius 1 is 0.903 bits per heavy atom. The molecule has 2 aliphatic heterocycles. The van der Waals surface area contributed by atoms with E-state index in [0.717, 1.165) is 0 Å². The predicted octanol–water partition coefficient (Wildman–Crippen LogP) is 0.815. The number of nitrogens with zero attached hydrogens (tertiary/aromatic N) is 2. The van der Waals surface area contributed by atoms with Gasteiger partial charge in [0.1, 0.15) is 0 Å². The fraction of sp³-hybridized carbons (Fsp3) is 0.429. The maximum atomic E-state index is 12.8. The number of allylic oxidation sites excluding steroid dienone is 2. The van der Waals surface area contributed by atoms with Crippen molar-refractivity contribution in [3.63, 3.8) is 0 Å². The van der Waals surface area contributed by atoms with Crippen LogP contribution in [0.1, 0.15) is 24.3 Å². The number of methoxy groups -OCH3 is 1. The molecule has 31 heavy (non-hydrogen) atoms. The van der Waals surface area contributed by atoms with E-state index in [-0.39, 0.29) is 34.5 Å². The minimum atomic E-state index is -0.966. The number of hydrogen-bond acceptors (Lipinski definition) is 8. The Bertz CT molecular complexity index is 1070. The number of phenolic OH excluding ortho intramolecular Hbond substituents is 1. The molecule has 1 saturated carbocycles. The van der Waals surface area contributed by atoms with Crippen LogP contribution < -0.4 is 4.74 Å². The highest BCUT2D eigenvalue weighted by molar-refractivity contribution is 6.06. The van der Waals surface area contributed by atoms with Crippen molar-refractivity contribution in [3.8, 4) is 11.5 Å². The van der Waals surface area contributed by atoms with Crippen molar-refractivity contribution >= 4 is 23.6 Å². The summed E-state index contributed by atoms with van der Waals surface area (Å²) >= 11 is 0. The molecule has 10 nitrogen and oxygen atoms in total. The zero-order chi connectivity index (χ0) is 22.2. The molecule has 0 aromatic heterocycles. The summed E-state index contributed by atoms with van der Waals surface area (Å²) in [7, 11) is 1.38. The van der Waals surface area contributed by atoms with Crippen LogP contribution >= 0.6 is 0 Å². The highest BCUT2D eigenvalue weighted by Crippen LogP contribution is 2.58. The minimum absolute atomic E-state index is 0.0768. The van der Waals surface area contributed by atoms with Crippen molar-refractivity contribution in [3.05, 3.63) is 35.4 Å². The van der Waals surface area contributed by atoms with Gasteiger partial charge in [0, 0.05) is 11.5 Å². The molecule has 2 aliphatic carbocycles. The monoisotopic (exact) mass is 428 g/mol. The van der Waals surface area contributed by atoms with Crippen molar-refractivity contribution < 1.29 is 39.4 Å². The van der Waals surface area contributed by atoms with Crippen LogP contribution in [0.2, 0.25) is 0 Å². The van der Waals surface area contributed by atoms with Crippen LogP contribution in [0.4, 0.5) is 0 Å². The first kappa shape index (κ1) is 19.7. The van der Waals surface area contributed by atoms with Gasteiger partial charge in [-0.15, -0.1) is 0 Å². The Hall–Kier alpha value is -3.24. The average molecular weight is 428 g/mol. The normalized spacial score (nSPS) is 34.5. The molecule has 5 rings (SSSR count). The van der Waals surface area contributed by atoms with Crippen LogP contribution in [-0.2, 0) is 19.2 Å². The molecule has 0 radical (unpaired) electrons. The Kier molecular flexibility index (Phi) is 4.21. The Morgan fingerprint density at radius 2 is 1.55 bits per heavy atom. The summed E-state index contributed by atoms with van der Waals surface area (Å²) in [5, 5.41) is 31.0. The van der Waals surface area contributed by atoms with Crippen molar-refractivity contribution in [1.82, 2.24) is 10.1 Å². The van der Waals surface area contributed by atoms with E-state index in [1.165, 1.54) is 7.11 Å². The molecule has 4 amide bonds. The molecule has 0 bridgehead atoms. The number of amides is 4. The number of aromatic hydroxyl groups is 1. The molecule has 3 N–H and O–H groups in total. The second-order valence-corrected chi connectivity index (χ2v) is 8.40. The smallest absolute Gasteiger partial charge is 0.258 e. The number of carbonyl (C=O) groups excluding carboxylic acids is 4. The molecule has 2 saturated heterocycles. The molecule has 3 fully saturated rings. The number of imide groups is 2. The van der Waals surface area contributed by atoms with Gasteiger partial charge < -0.3 is 9.84 Å². The second kappa shape index (κ2) is 6.63. The lowest BCUT2D eigenvalue weighted by Gasteiger charge is -2.43. The number of benzene rings is 1. The molecule has 6 atom stereocenters. The molecule has 162 valence electrons. The fourth-order valence-electron chi connectivity index (χ4n) is 5.86. The first-order valence-corrected chi connectivity index (χ1v) is 9.97. The minimum Gasteiger partial charge on any atom is -0.504 e. The largest absolute Gasteiger partial charge is 0.504 e. The third-order valence-electron chi connectivity index (χ3n) is 7.19. The molecule has 6 unspecified atom stereocenters. The number of hydroxylamine groups is 4. The molecule has 2 heterocycles. The van der Waals surface area contributed by atoms with Gasteiger partial charge in [0.05, 0.1) is 30.8 Å². The summed E-state index contributed by atoms with van der Waals surface area (Å²) < 4.78 is 5.19. The van der Waals surface area contributed by atoms with E-state index in [1.807, 2.05) is 0 Å². The molecule has 0 spiro atoms. The van der Waals surface area contributed by atoms with Gasteiger partial charge in [0.15, 0.2) is 11.5 Å². The molecule has 1 aromatic rings. The van der Waals surface area contributed by atoms with Crippen LogP contribution in [0.25, 0.3) is 0 Å². The number of hydrogen-bond donors (Lipinski definition) is 3. The zero-order valence-electron chi connectivity index (χ0n) is 16.5. The second-order valence-electron chi connectivity index (χ2n) is 8.40. The maximum Gasteiger partial charge on any atom is 0.258 e. The van der Waals surface area contributed by atoms with Crippen LogP contribution in [0.5, 0.6) is 11.5 Å². The highest BCUT2D eigenvalue weighted by atomic mass is 16.5. The van der Waals surface area contributed by atoms with Crippen LogP contribution in [0.15, 0.2) is 29.8 Å². The standard InChI is InChI=1S/C21H20N2O8/c1-31-13-4-2-3-9(17(13)24)14-8-5-6-10-15(20(27)22(29)18(10)25)11(8)7-12-16(14)21(28)23(30)19(12)26/h2-5,10-12,14-16,24,29-30H,6-7H2,1H3. The van der Waals surface area contributed by atoms with E-state index in [9.17, 15) is 34.7 Å². The zero-order valence-corrected chi connectivity index (χ0v) is 16.5. The third-order valence-corrected chi connectivity index (χ3v) is 7.19. The Labute approximate surface area is 176 Å². The molecule has 10 heteroatoms. The van der Waals surface area contributed by atoms with Gasteiger partial charge in [-0.25, -0.2) is 0 Å². The van der Waals surface area contributed by atoms with Crippen molar-refractivity contribution in [2.75, 3.05) is 7.11 Å². The van der Waals surface area contributed by atoms with E-state index in [2.05, 4.69) is 0 Å². The van der Waals surface area contributed by atoms with Crippen molar-refractivity contribution in [1.29, 1.82) is 0 Å². The SMILES string of the molecule is COc1cccc(C2C3=CCC4C(=O)N(O)C(=O)C4C3CC3C(=O)N(O)C(=O)C32)c1O. The number of ether oxygens (including phenoxy) is 1. The summed E-state index contributed by atoms with van der Waals surface area (Å²) in [4.78, 5) is 50.4. The van der Waals surface area contributed by atoms with Gasteiger partial charge in [-0.3, -0.25) is 29.6 Å². The van der Waals surface area contributed by atoms with Gasteiger partial charge in [0.2, 0.25) is 0 Å². The van der Waals surface area contributed by atoms with Crippen molar-refractivity contribution in [2.45, 2.75) is 18.8 Å². The summed E-state index contributed by atoms with van der Waals surface area (Å²) in [6, 6.07) is 4.79. The topological polar surface area (TPSA) is 145 Å². The van der Waals surface area contributed by atoms with Crippen LogP contribution in [-0.4, -0.2) is 56.4 Å². The maximum absolute atomic E-state index is 12.8. The Balaban J connectivity index is 1.69. The van der Waals surface area contributed by atoms with Crippen LogP contribution in [0, 0.1) is 29.6 Å². The average Bonchev–Trinajstić information content (AvgIpc) is 3.12. The molecule has 4 aliphatic rings. The van der Waals surface area contributed by atoms with Gasteiger partial charge in [0.25, 0.3) is 23.6 Å². The summed E-state index contributed by atoms with van der Waals surface area (Å²) in [5.74, 6) is -7.93. The molecule has 1 aromatic carbocycles. The number of para-hydroxylation sites is 1.